The molecule has 0 aromatic heterocycles. The topological polar surface area (TPSA) is 58.6 Å². The van der Waals surface area contributed by atoms with Crippen molar-refractivity contribution in [1.82, 2.24) is 5.32 Å². The number of aliphatic hydroxyl groups is 1. The molecule has 1 aliphatic heterocycles. The number of ether oxygens (including phenoxy) is 1. The minimum absolute atomic E-state index is 0.0586. The maximum Gasteiger partial charge on any atom is 0.220 e. The van der Waals surface area contributed by atoms with Crippen LogP contribution in [0.2, 0.25) is 0 Å². The van der Waals surface area contributed by atoms with Crippen LogP contribution in [0, 0.1) is 19.3 Å². The van der Waals surface area contributed by atoms with Gasteiger partial charge in [0.1, 0.15) is 12.4 Å². The Hall–Kier alpha value is -2.33. The monoisotopic (exact) mass is 479 g/mol. The van der Waals surface area contributed by atoms with Crippen LogP contribution in [0.4, 0.5) is 0 Å². The Morgan fingerprint density at radius 1 is 1.03 bits per heavy atom. The van der Waals surface area contributed by atoms with Gasteiger partial charge in [-0.05, 0) is 85.3 Å². The largest absolute Gasteiger partial charge is 0.491 e. The van der Waals surface area contributed by atoms with E-state index >= 15 is 0 Å². The first-order valence-corrected chi connectivity index (χ1v) is 13.3. The molecule has 1 aliphatic rings. The Balaban J connectivity index is 1.80. The molecular formula is C31H45NO3. The summed E-state index contributed by atoms with van der Waals surface area (Å²) in [5.74, 6) is 1.01. The van der Waals surface area contributed by atoms with E-state index in [9.17, 15) is 9.90 Å². The summed E-state index contributed by atoms with van der Waals surface area (Å²) in [6.45, 7) is 15.6. The SMILES string of the molecule is CCC(CC)(c1ccc(CCC(O)C(C)(C)C)c(C)c1)c1ccc(OC[C@@H]2CCC(=O)N2)c(C)c1. The summed E-state index contributed by atoms with van der Waals surface area (Å²) in [5.41, 5.74) is 6.26. The van der Waals surface area contributed by atoms with Gasteiger partial charge in [0.2, 0.25) is 5.91 Å². The average molecular weight is 480 g/mol. The molecule has 1 unspecified atom stereocenters. The van der Waals surface area contributed by atoms with E-state index in [2.05, 4.69) is 90.2 Å². The normalized spacial score (nSPS) is 17.4. The molecule has 3 rings (SSSR count). The van der Waals surface area contributed by atoms with Crippen LogP contribution in [-0.2, 0) is 16.6 Å². The molecule has 0 radical (unpaired) electrons. The van der Waals surface area contributed by atoms with E-state index in [0.29, 0.717) is 13.0 Å². The van der Waals surface area contributed by atoms with Crippen molar-refractivity contribution < 1.29 is 14.6 Å². The molecule has 1 amide bonds. The van der Waals surface area contributed by atoms with Gasteiger partial charge in [-0.1, -0.05) is 65.0 Å². The van der Waals surface area contributed by atoms with Gasteiger partial charge in [0.25, 0.3) is 0 Å². The second kappa shape index (κ2) is 11.2. The van der Waals surface area contributed by atoms with Gasteiger partial charge in [-0.3, -0.25) is 4.79 Å². The number of carbonyl (C=O) groups excluding carboxylic acids is 1. The van der Waals surface area contributed by atoms with E-state index in [4.69, 9.17) is 4.74 Å². The minimum atomic E-state index is -0.305. The minimum Gasteiger partial charge on any atom is -0.491 e. The zero-order chi connectivity index (χ0) is 25.8. The van der Waals surface area contributed by atoms with Crippen molar-refractivity contribution >= 4 is 5.91 Å². The van der Waals surface area contributed by atoms with Crippen molar-refractivity contribution in [3.63, 3.8) is 0 Å². The summed E-state index contributed by atoms with van der Waals surface area (Å²) in [7, 11) is 0. The van der Waals surface area contributed by atoms with Crippen LogP contribution in [0.25, 0.3) is 0 Å². The van der Waals surface area contributed by atoms with Crippen LogP contribution < -0.4 is 10.1 Å². The molecule has 2 atom stereocenters. The number of nitrogens with one attached hydrogen (secondary N) is 1. The first-order valence-electron chi connectivity index (χ1n) is 13.3. The second-order valence-electron chi connectivity index (χ2n) is 11.4. The van der Waals surface area contributed by atoms with E-state index in [-0.39, 0.29) is 28.9 Å². The highest BCUT2D eigenvalue weighted by atomic mass is 16.5. The first kappa shape index (κ1) is 27.3. The van der Waals surface area contributed by atoms with Gasteiger partial charge in [0.05, 0.1) is 12.1 Å². The average Bonchev–Trinajstić information content (AvgIpc) is 3.23. The molecule has 2 aromatic carbocycles. The van der Waals surface area contributed by atoms with Crippen molar-refractivity contribution in [2.75, 3.05) is 6.61 Å². The molecule has 0 saturated carbocycles. The highest BCUT2D eigenvalue weighted by Crippen LogP contribution is 2.41. The van der Waals surface area contributed by atoms with E-state index in [1.807, 2.05) is 0 Å². The van der Waals surface area contributed by atoms with Crippen molar-refractivity contribution in [3.05, 3.63) is 64.2 Å². The van der Waals surface area contributed by atoms with Crippen LogP contribution in [-0.4, -0.2) is 29.8 Å². The van der Waals surface area contributed by atoms with Gasteiger partial charge in [0.15, 0.2) is 0 Å². The van der Waals surface area contributed by atoms with E-state index < -0.39 is 0 Å². The predicted molar refractivity (Wildman–Crippen MR) is 144 cm³/mol. The molecule has 1 saturated heterocycles. The lowest BCUT2D eigenvalue weighted by Gasteiger charge is -2.34. The molecule has 2 N–H and O–H groups in total. The molecule has 0 aliphatic carbocycles. The van der Waals surface area contributed by atoms with Gasteiger partial charge < -0.3 is 15.2 Å². The van der Waals surface area contributed by atoms with E-state index in [1.54, 1.807) is 0 Å². The lowest BCUT2D eigenvalue weighted by atomic mass is 9.69. The standard InChI is InChI=1S/C31H45NO3/c1-8-31(9-2,24-12-10-23(21(3)18-24)11-16-28(33)30(5,6)7)25-13-15-27(22(4)19-25)35-20-26-14-17-29(34)32-26/h10,12-13,15,18-19,26,28,33H,8-9,11,14,16-17,20H2,1-7H3,(H,32,34)/t26-,28?/m0/s1. The number of carbonyl (C=O) groups is 1. The molecule has 1 heterocycles. The summed E-state index contributed by atoms with van der Waals surface area (Å²) >= 11 is 0. The molecule has 192 valence electrons. The van der Waals surface area contributed by atoms with Crippen molar-refractivity contribution in [1.29, 1.82) is 0 Å². The highest BCUT2D eigenvalue weighted by Gasteiger charge is 2.32. The number of amides is 1. The van der Waals surface area contributed by atoms with E-state index in [1.165, 1.54) is 22.3 Å². The van der Waals surface area contributed by atoms with Crippen molar-refractivity contribution in [2.45, 2.75) is 105 Å². The molecule has 1 fully saturated rings. The van der Waals surface area contributed by atoms with Crippen LogP contribution in [0.3, 0.4) is 0 Å². The predicted octanol–water partition coefficient (Wildman–Crippen LogP) is 6.41. The van der Waals surface area contributed by atoms with Crippen molar-refractivity contribution in [3.8, 4) is 5.75 Å². The Morgan fingerprint density at radius 3 is 2.17 bits per heavy atom. The van der Waals surface area contributed by atoms with Gasteiger partial charge in [-0.15, -0.1) is 0 Å². The molecular weight excluding hydrogens is 434 g/mol. The summed E-state index contributed by atoms with van der Waals surface area (Å²) < 4.78 is 6.08. The van der Waals surface area contributed by atoms with Crippen LogP contribution >= 0.6 is 0 Å². The Morgan fingerprint density at radius 2 is 1.66 bits per heavy atom. The third-order valence-corrected chi connectivity index (χ3v) is 8.04. The Labute approximate surface area is 212 Å². The Bertz CT molecular complexity index is 1020. The maximum absolute atomic E-state index is 11.5. The lowest BCUT2D eigenvalue weighted by Crippen LogP contribution is -2.31. The van der Waals surface area contributed by atoms with Crippen LogP contribution in [0.1, 0.15) is 94.5 Å². The van der Waals surface area contributed by atoms with Crippen LogP contribution in [0.15, 0.2) is 36.4 Å². The van der Waals surface area contributed by atoms with Crippen LogP contribution in [0.5, 0.6) is 5.75 Å². The number of hydrogen-bond acceptors (Lipinski definition) is 3. The lowest BCUT2D eigenvalue weighted by molar-refractivity contribution is -0.119. The molecule has 0 spiro atoms. The fourth-order valence-corrected chi connectivity index (χ4v) is 5.33. The van der Waals surface area contributed by atoms with Gasteiger partial charge >= 0.3 is 0 Å². The van der Waals surface area contributed by atoms with E-state index in [0.717, 1.165) is 43.4 Å². The number of aliphatic hydroxyl groups excluding tert-OH is 1. The van der Waals surface area contributed by atoms with Gasteiger partial charge in [0, 0.05) is 11.8 Å². The number of aryl methyl sites for hydroxylation is 3. The highest BCUT2D eigenvalue weighted by molar-refractivity contribution is 5.78. The smallest absolute Gasteiger partial charge is 0.220 e. The number of rotatable bonds is 10. The molecule has 4 heteroatoms. The summed E-state index contributed by atoms with van der Waals surface area (Å²) in [4.78, 5) is 11.5. The molecule has 0 bridgehead atoms. The fraction of sp³-hybridized carbons (Fsp3) is 0.581. The molecule has 4 nitrogen and oxygen atoms in total. The third-order valence-electron chi connectivity index (χ3n) is 8.04. The molecule has 2 aromatic rings. The first-order chi connectivity index (χ1) is 16.5. The Kier molecular flexibility index (Phi) is 8.69. The fourth-order valence-electron chi connectivity index (χ4n) is 5.33. The second-order valence-corrected chi connectivity index (χ2v) is 11.4. The zero-order valence-corrected chi connectivity index (χ0v) is 22.8. The summed E-state index contributed by atoms with van der Waals surface area (Å²) in [6.07, 6.45) is 4.83. The number of hydrogen-bond donors (Lipinski definition) is 2. The van der Waals surface area contributed by atoms with Gasteiger partial charge in [-0.2, -0.15) is 0 Å². The van der Waals surface area contributed by atoms with Crippen molar-refractivity contribution in [2.24, 2.45) is 5.41 Å². The molecule has 35 heavy (non-hydrogen) atoms. The maximum atomic E-state index is 11.5. The van der Waals surface area contributed by atoms with Gasteiger partial charge in [-0.25, -0.2) is 0 Å². The summed E-state index contributed by atoms with van der Waals surface area (Å²) in [5, 5.41) is 13.5. The zero-order valence-electron chi connectivity index (χ0n) is 22.8. The number of benzene rings is 2. The summed E-state index contributed by atoms with van der Waals surface area (Å²) in [6, 6.07) is 13.6. The quantitative estimate of drug-likeness (QED) is 0.414. The third kappa shape index (κ3) is 6.27.